The van der Waals surface area contributed by atoms with Crippen molar-refractivity contribution in [3.8, 4) is 0 Å². The molecule has 0 spiro atoms. The minimum atomic E-state index is -1.09. The number of nitrogens with two attached hydrogens (primary N) is 1. The summed E-state index contributed by atoms with van der Waals surface area (Å²) < 4.78 is 0. The van der Waals surface area contributed by atoms with Crippen molar-refractivity contribution >= 4 is 11.9 Å². The van der Waals surface area contributed by atoms with Crippen LogP contribution in [-0.2, 0) is 9.59 Å². The Morgan fingerprint density at radius 2 is 1.74 bits per heavy atom. The molecule has 0 saturated heterocycles. The molecule has 1 unspecified atom stereocenters. The second-order valence-corrected chi connectivity index (χ2v) is 5.88. The minimum absolute atomic E-state index is 0.113. The Kier molecular flexibility index (Phi) is 5.79. The molecule has 0 aromatic carbocycles. The summed E-state index contributed by atoms with van der Waals surface area (Å²) in [5, 5.41) is 12.3. The molecular weight excluding hydrogens is 244 g/mol. The van der Waals surface area contributed by atoms with Gasteiger partial charge in [-0.25, -0.2) is 4.79 Å². The van der Waals surface area contributed by atoms with Gasteiger partial charge in [0.15, 0.2) is 0 Å². The quantitative estimate of drug-likeness (QED) is 0.660. The van der Waals surface area contributed by atoms with Crippen LogP contribution in [0, 0.1) is 11.8 Å². The van der Waals surface area contributed by atoms with E-state index in [1.807, 2.05) is 13.8 Å². The molecule has 5 heteroatoms. The van der Waals surface area contributed by atoms with Gasteiger partial charge in [-0.15, -0.1) is 0 Å². The fourth-order valence-corrected chi connectivity index (χ4v) is 2.73. The summed E-state index contributed by atoms with van der Waals surface area (Å²) in [5.41, 5.74) is 4.53. The number of carbonyl (C=O) groups is 2. The van der Waals surface area contributed by atoms with E-state index in [-0.39, 0.29) is 24.3 Å². The van der Waals surface area contributed by atoms with Crippen molar-refractivity contribution in [1.29, 1.82) is 0 Å². The second kappa shape index (κ2) is 6.89. The predicted molar refractivity (Wildman–Crippen MR) is 73.6 cm³/mol. The molecule has 0 aliphatic heterocycles. The Balaban J connectivity index is 2.83. The van der Waals surface area contributed by atoms with E-state index in [0.717, 1.165) is 25.7 Å². The standard InChI is InChI=1S/C14H26N2O3/c1-10(2)11(9-15)12(17)16-14(13(18)19)7-5-3-4-6-8-14/h10-11H,3-9,15H2,1-2H3,(H,16,17)(H,18,19). The van der Waals surface area contributed by atoms with Gasteiger partial charge in [-0.05, 0) is 18.8 Å². The topological polar surface area (TPSA) is 92.4 Å². The molecule has 0 bridgehead atoms. The van der Waals surface area contributed by atoms with Crippen LogP contribution in [0.15, 0.2) is 0 Å². The number of carboxylic acids is 1. The average molecular weight is 270 g/mol. The van der Waals surface area contributed by atoms with Crippen molar-refractivity contribution < 1.29 is 14.7 Å². The first-order valence-corrected chi connectivity index (χ1v) is 7.18. The molecule has 1 aliphatic rings. The Labute approximate surface area is 114 Å². The number of nitrogens with one attached hydrogen (secondary N) is 1. The largest absolute Gasteiger partial charge is 0.480 e. The van der Waals surface area contributed by atoms with Gasteiger partial charge in [0, 0.05) is 6.54 Å². The molecule has 1 aliphatic carbocycles. The monoisotopic (exact) mass is 270 g/mol. The maximum absolute atomic E-state index is 12.3. The number of carbonyl (C=O) groups excluding carboxylic acids is 1. The first-order valence-electron chi connectivity index (χ1n) is 7.18. The summed E-state index contributed by atoms with van der Waals surface area (Å²) in [6, 6.07) is 0. The lowest BCUT2D eigenvalue weighted by Gasteiger charge is -2.31. The van der Waals surface area contributed by atoms with Crippen LogP contribution in [0.1, 0.15) is 52.4 Å². The smallest absolute Gasteiger partial charge is 0.329 e. The molecule has 0 heterocycles. The van der Waals surface area contributed by atoms with Gasteiger partial charge in [-0.1, -0.05) is 39.5 Å². The molecule has 1 fully saturated rings. The SMILES string of the molecule is CC(C)C(CN)C(=O)NC1(C(=O)O)CCCCCC1. The van der Waals surface area contributed by atoms with Crippen LogP contribution < -0.4 is 11.1 Å². The number of rotatable bonds is 5. The van der Waals surface area contributed by atoms with Crippen molar-refractivity contribution in [2.45, 2.75) is 57.9 Å². The number of amides is 1. The average Bonchev–Trinajstić information content (AvgIpc) is 2.55. The zero-order valence-electron chi connectivity index (χ0n) is 11.9. The summed E-state index contributed by atoms with van der Waals surface area (Å²) in [7, 11) is 0. The third-order valence-electron chi connectivity index (χ3n) is 4.12. The van der Waals surface area contributed by atoms with E-state index in [0.29, 0.717) is 12.8 Å². The van der Waals surface area contributed by atoms with Crippen LogP contribution in [0.3, 0.4) is 0 Å². The second-order valence-electron chi connectivity index (χ2n) is 5.88. The highest BCUT2D eigenvalue weighted by atomic mass is 16.4. The lowest BCUT2D eigenvalue weighted by molar-refractivity contribution is -0.149. The summed E-state index contributed by atoms with van der Waals surface area (Å²) in [5.74, 6) is -1.34. The van der Waals surface area contributed by atoms with Crippen LogP contribution in [0.25, 0.3) is 0 Å². The van der Waals surface area contributed by atoms with E-state index in [4.69, 9.17) is 5.73 Å². The van der Waals surface area contributed by atoms with E-state index in [1.54, 1.807) is 0 Å². The zero-order chi connectivity index (χ0) is 14.5. The molecule has 5 nitrogen and oxygen atoms in total. The Hall–Kier alpha value is -1.10. The maximum atomic E-state index is 12.3. The van der Waals surface area contributed by atoms with Crippen molar-refractivity contribution in [2.75, 3.05) is 6.54 Å². The Morgan fingerprint density at radius 3 is 2.11 bits per heavy atom. The van der Waals surface area contributed by atoms with Crippen LogP contribution in [0.5, 0.6) is 0 Å². The first-order chi connectivity index (χ1) is 8.93. The Morgan fingerprint density at radius 1 is 1.21 bits per heavy atom. The minimum Gasteiger partial charge on any atom is -0.480 e. The summed E-state index contributed by atoms with van der Waals surface area (Å²) in [4.78, 5) is 23.9. The van der Waals surface area contributed by atoms with Gasteiger partial charge in [-0.3, -0.25) is 4.79 Å². The molecule has 1 atom stereocenters. The van der Waals surface area contributed by atoms with Crippen LogP contribution in [0.4, 0.5) is 0 Å². The van der Waals surface area contributed by atoms with Gasteiger partial charge in [-0.2, -0.15) is 0 Å². The molecule has 0 aromatic heterocycles. The molecule has 1 rings (SSSR count). The van der Waals surface area contributed by atoms with Crippen molar-refractivity contribution in [3.63, 3.8) is 0 Å². The van der Waals surface area contributed by atoms with Crippen molar-refractivity contribution in [2.24, 2.45) is 17.6 Å². The summed E-state index contributed by atoms with van der Waals surface area (Å²) >= 11 is 0. The molecule has 0 radical (unpaired) electrons. The van der Waals surface area contributed by atoms with Crippen LogP contribution in [0.2, 0.25) is 0 Å². The highest BCUT2D eigenvalue weighted by Gasteiger charge is 2.41. The first kappa shape index (κ1) is 16.0. The summed E-state index contributed by atoms with van der Waals surface area (Å²) in [6.45, 7) is 4.11. The van der Waals surface area contributed by atoms with Gasteiger partial charge >= 0.3 is 5.97 Å². The van der Waals surface area contributed by atoms with E-state index in [2.05, 4.69) is 5.32 Å². The van der Waals surface area contributed by atoms with Gasteiger partial charge in [0.05, 0.1) is 5.92 Å². The van der Waals surface area contributed by atoms with Gasteiger partial charge in [0.25, 0.3) is 0 Å². The molecular formula is C14H26N2O3. The molecule has 1 amide bonds. The van der Waals surface area contributed by atoms with E-state index in [9.17, 15) is 14.7 Å². The van der Waals surface area contributed by atoms with Gasteiger partial charge in [0.2, 0.25) is 5.91 Å². The Bertz CT molecular complexity index is 321. The number of aliphatic carboxylic acids is 1. The normalized spacial score (nSPS) is 20.6. The third-order valence-corrected chi connectivity index (χ3v) is 4.12. The fourth-order valence-electron chi connectivity index (χ4n) is 2.73. The van der Waals surface area contributed by atoms with Crippen molar-refractivity contribution in [3.05, 3.63) is 0 Å². The number of carboxylic acid groups (broad SMARTS) is 1. The van der Waals surface area contributed by atoms with Crippen LogP contribution >= 0.6 is 0 Å². The number of hydrogen-bond donors (Lipinski definition) is 3. The fraction of sp³-hybridized carbons (Fsp3) is 0.857. The molecule has 0 aromatic rings. The lowest BCUT2D eigenvalue weighted by Crippen LogP contribution is -2.56. The highest BCUT2D eigenvalue weighted by Crippen LogP contribution is 2.28. The zero-order valence-corrected chi connectivity index (χ0v) is 11.9. The maximum Gasteiger partial charge on any atom is 0.329 e. The van der Waals surface area contributed by atoms with E-state index >= 15 is 0 Å². The molecule has 19 heavy (non-hydrogen) atoms. The molecule has 1 saturated carbocycles. The van der Waals surface area contributed by atoms with Gasteiger partial charge in [0.1, 0.15) is 5.54 Å². The van der Waals surface area contributed by atoms with Gasteiger partial charge < -0.3 is 16.2 Å². The highest BCUT2D eigenvalue weighted by molar-refractivity contribution is 5.88. The van der Waals surface area contributed by atoms with Crippen molar-refractivity contribution in [1.82, 2.24) is 5.32 Å². The number of hydrogen-bond acceptors (Lipinski definition) is 3. The molecule has 110 valence electrons. The van der Waals surface area contributed by atoms with E-state index in [1.165, 1.54) is 0 Å². The van der Waals surface area contributed by atoms with Crippen LogP contribution in [-0.4, -0.2) is 29.1 Å². The third kappa shape index (κ3) is 3.93. The molecule has 4 N–H and O–H groups in total. The lowest BCUT2D eigenvalue weighted by atomic mass is 9.87. The predicted octanol–water partition coefficient (Wildman–Crippen LogP) is 1.51. The summed E-state index contributed by atoms with van der Waals surface area (Å²) in [6.07, 6.45) is 4.81. The van der Waals surface area contributed by atoms with E-state index < -0.39 is 11.5 Å².